The number of nitrogens with zero attached hydrogens (tertiary/aromatic N) is 1. The molecule has 0 N–H and O–H groups in total. The molecule has 2 unspecified atom stereocenters. The van der Waals surface area contributed by atoms with Crippen molar-refractivity contribution in [2.24, 2.45) is 0 Å². The van der Waals surface area contributed by atoms with Crippen molar-refractivity contribution in [3.8, 4) is 0 Å². The second-order valence-corrected chi connectivity index (χ2v) is 3.65. The Morgan fingerprint density at radius 2 is 2.00 bits per heavy atom. The summed E-state index contributed by atoms with van der Waals surface area (Å²) in [6.45, 7) is 10.9. The van der Waals surface area contributed by atoms with Gasteiger partial charge in [-0.25, -0.2) is 0 Å². The van der Waals surface area contributed by atoms with Crippen molar-refractivity contribution in [1.82, 2.24) is 4.90 Å². The maximum absolute atomic E-state index is 5.53. The van der Waals surface area contributed by atoms with Crippen LogP contribution in [0.4, 0.5) is 0 Å². The summed E-state index contributed by atoms with van der Waals surface area (Å²) in [5, 5.41) is 0. The van der Waals surface area contributed by atoms with Gasteiger partial charge in [-0.1, -0.05) is 0 Å². The molecular weight excluding hydrogens is 138 g/mol. The summed E-state index contributed by atoms with van der Waals surface area (Å²) in [5.41, 5.74) is 0. The van der Waals surface area contributed by atoms with Gasteiger partial charge in [0.15, 0.2) is 0 Å². The fraction of sp³-hybridized carbons (Fsp3) is 1.00. The topological polar surface area (TPSA) is 12.5 Å². The molecule has 1 saturated heterocycles. The van der Waals surface area contributed by atoms with Crippen LogP contribution in [0.3, 0.4) is 0 Å². The van der Waals surface area contributed by atoms with Gasteiger partial charge in [0.25, 0.3) is 0 Å². The highest BCUT2D eigenvalue weighted by Crippen LogP contribution is 2.15. The average molecular weight is 157 g/mol. The van der Waals surface area contributed by atoms with Crippen molar-refractivity contribution < 1.29 is 4.74 Å². The molecule has 0 spiro atoms. The summed E-state index contributed by atoms with van der Waals surface area (Å²) in [7, 11) is 0. The lowest BCUT2D eigenvalue weighted by Gasteiger charge is -2.40. The van der Waals surface area contributed by atoms with E-state index in [0.29, 0.717) is 18.2 Å². The molecule has 1 aliphatic heterocycles. The van der Waals surface area contributed by atoms with Gasteiger partial charge in [0.05, 0.1) is 12.7 Å². The second-order valence-electron chi connectivity index (χ2n) is 3.65. The van der Waals surface area contributed by atoms with Crippen molar-refractivity contribution in [2.75, 3.05) is 13.2 Å². The van der Waals surface area contributed by atoms with Gasteiger partial charge in [-0.3, -0.25) is 4.90 Å². The first-order valence-electron chi connectivity index (χ1n) is 4.50. The van der Waals surface area contributed by atoms with Crippen LogP contribution in [0.1, 0.15) is 27.7 Å². The van der Waals surface area contributed by atoms with Crippen LogP contribution in [0, 0.1) is 0 Å². The van der Waals surface area contributed by atoms with E-state index in [4.69, 9.17) is 4.74 Å². The predicted octanol–water partition coefficient (Wildman–Crippen LogP) is 1.50. The van der Waals surface area contributed by atoms with E-state index in [9.17, 15) is 0 Å². The quantitative estimate of drug-likeness (QED) is 0.572. The first-order valence-corrected chi connectivity index (χ1v) is 4.50. The highest BCUT2D eigenvalue weighted by Gasteiger charge is 2.26. The van der Waals surface area contributed by atoms with E-state index in [1.54, 1.807) is 0 Å². The molecule has 2 nitrogen and oxygen atoms in total. The Kier molecular flexibility index (Phi) is 2.90. The number of morpholine rings is 1. The average Bonchev–Trinajstić information content (AvgIpc) is 1.94. The van der Waals surface area contributed by atoms with Crippen LogP contribution in [-0.2, 0) is 4.74 Å². The summed E-state index contributed by atoms with van der Waals surface area (Å²) in [5.74, 6) is 0. The van der Waals surface area contributed by atoms with Crippen LogP contribution in [0.2, 0.25) is 0 Å². The van der Waals surface area contributed by atoms with Gasteiger partial charge >= 0.3 is 0 Å². The van der Waals surface area contributed by atoms with E-state index in [2.05, 4.69) is 32.6 Å². The molecule has 66 valence electrons. The zero-order valence-electron chi connectivity index (χ0n) is 8.00. The largest absolute Gasteiger partial charge is 0.376 e. The Hall–Kier alpha value is -0.0800. The van der Waals surface area contributed by atoms with Gasteiger partial charge in [-0.05, 0) is 27.7 Å². The number of rotatable bonds is 1. The maximum Gasteiger partial charge on any atom is 0.0700 e. The standard InChI is InChI=1S/C9H19NO/c1-7(2)10-5-6-11-9(4)8(10)3/h7-9H,5-6H2,1-4H3. The molecule has 0 radical (unpaired) electrons. The Bertz CT molecular complexity index is 125. The van der Waals surface area contributed by atoms with Crippen LogP contribution in [-0.4, -0.2) is 36.2 Å². The summed E-state index contributed by atoms with van der Waals surface area (Å²) < 4.78 is 5.53. The first kappa shape index (κ1) is 9.01. The van der Waals surface area contributed by atoms with Crippen molar-refractivity contribution in [3.63, 3.8) is 0 Å². The second kappa shape index (κ2) is 3.55. The number of hydrogen-bond donors (Lipinski definition) is 0. The van der Waals surface area contributed by atoms with Crippen LogP contribution in [0.5, 0.6) is 0 Å². The van der Waals surface area contributed by atoms with E-state index in [1.807, 2.05) is 0 Å². The smallest absolute Gasteiger partial charge is 0.0700 e. The highest BCUT2D eigenvalue weighted by atomic mass is 16.5. The van der Waals surface area contributed by atoms with Crippen molar-refractivity contribution in [1.29, 1.82) is 0 Å². The van der Waals surface area contributed by atoms with E-state index >= 15 is 0 Å². The van der Waals surface area contributed by atoms with Gasteiger partial charge in [0, 0.05) is 18.6 Å². The lowest BCUT2D eigenvalue weighted by atomic mass is 10.1. The zero-order valence-corrected chi connectivity index (χ0v) is 8.00. The molecule has 0 aromatic carbocycles. The molecule has 0 saturated carbocycles. The molecule has 0 amide bonds. The van der Waals surface area contributed by atoms with E-state index in [0.717, 1.165) is 13.2 Å². The van der Waals surface area contributed by atoms with E-state index in [-0.39, 0.29) is 0 Å². The normalized spacial score (nSPS) is 34.6. The fourth-order valence-electron chi connectivity index (χ4n) is 1.69. The molecule has 1 fully saturated rings. The third-order valence-electron chi connectivity index (χ3n) is 2.60. The third-order valence-corrected chi connectivity index (χ3v) is 2.60. The van der Waals surface area contributed by atoms with Gasteiger partial charge in [-0.2, -0.15) is 0 Å². The number of ether oxygens (including phenoxy) is 1. The highest BCUT2D eigenvalue weighted by molar-refractivity contribution is 4.79. The van der Waals surface area contributed by atoms with Gasteiger partial charge in [0.2, 0.25) is 0 Å². The minimum Gasteiger partial charge on any atom is -0.376 e. The lowest BCUT2D eigenvalue weighted by molar-refractivity contribution is -0.0663. The molecule has 11 heavy (non-hydrogen) atoms. The Morgan fingerprint density at radius 3 is 2.45 bits per heavy atom. The predicted molar refractivity (Wildman–Crippen MR) is 46.7 cm³/mol. The molecule has 0 aliphatic carbocycles. The lowest BCUT2D eigenvalue weighted by Crippen LogP contribution is -2.51. The zero-order chi connectivity index (χ0) is 8.43. The monoisotopic (exact) mass is 157 g/mol. The van der Waals surface area contributed by atoms with Crippen LogP contribution < -0.4 is 0 Å². The Labute approximate surface area is 69.5 Å². The SMILES string of the molecule is CC1OCCN(C(C)C)C1C. The molecule has 2 heteroatoms. The third kappa shape index (κ3) is 1.94. The van der Waals surface area contributed by atoms with Crippen LogP contribution in [0.15, 0.2) is 0 Å². The van der Waals surface area contributed by atoms with Gasteiger partial charge in [-0.15, -0.1) is 0 Å². The minimum atomic E-state index is 0.395. The Balaban J connectivity index is 2.51. The summed E-state index contributed by atoms with van der Waals surface area (Å²) in [6, 6.07) is 1.22. The van der Waals surface area contributed by atoms with Crippen LogP contribution in [0.25, 0.3) is 0 Å². The molecule has 0 aromatic heterocycles. The summed E-state index contributed by atoms with van der Waals surface area (Å²) in [6.07, 6.45) is 0.395. The van der Waals surface area contributed by atoms with Gasteiger partial charge < -0.3 is 4.74 Å². The Morgan fingerprint density at radius 1 is 1.36 bits per heavy atom. The molecule has 1 aliphatic rings. The number of hydrogen-bond acceptors (Lipinski definition) is 2. The van der Waals surface area contributed by atoms with Crippen molar-refractivity contribution in [3.05, 3.63) is 0 Å². The summed E-state index contributed by atoms with van der Waals surface area (Å²) in [4.78, 5) is 2.49. The molecular formula is C9H19NO. The molecule has 2 atom stereocenters. The van der Waals surface area contributed by atoms with Gasteiger partial charge in [0.1, 0.15) is 0 Å². The van der Waals surface area contributed by atoms with E-state index in [1.165, 1.54) is 0 Å². The molecule has 0 bridgehead atoms. The van der Waals surface area contributed by atoms with E-state index < -0.39 is 0 Å². The first-order chi connectivity index (χ1) is 5.13. The van der Waals surface area contributed by atoms with Crippen LogP contribution >= 0.6 is 0 Å². The minimum absolute atomic E-state index is 0.395. The fourth-order valence-corrected chi connectivity index (χ4v) is 1.69. The summed E-state index contributed by atoms with van der Waals surface area (Å²) >= 11 is 0. The molecule has 0 aromatic rings. The van der Waals surface area contributed by atoms with Crippen molar-refractivity contribution in [2.45, 2.75) is 45.9 Å². The van der Waals surface area contributed by atoms with Crippen molar-refractivity contribution >= 4 is 0 Å². The molecule has 1 heterocycles. The maximum atomic E-state index is 5.53. The molecule has 1 rings (SSSR count).